The number of carboxylic acid groups (broad SMARTS) is 1. The second-order valence-electron chi connectivity index (χ2n) is 6.16. The summed E-state index contributed by atoms with van der Waals surface area (Å²) in [6, 6.07) is 0. The summed E-state index contributed by atoms with van der Waals surface area (Å²) in [6.07, 6.45) is 2.19. The van der Waals surface area contributed by atoms with E-state index in [-0.39, 0.29) is 5.41 Å². The number of ether oxygens (including phenoxy) is 1. The van der Waals surface area contributed by atoms with E-state index in [9.17, 15) is 9.90 Å². The van der Waals surface area contributed by atoms with Crippen LogP contribution in [-0.4, -0.2) is 49.3 Å². The Hall–Kier alpha value is -0.610. The summed E-state index contributed by atoms with van der Waals surface area (Å²) in [5.74, 6) is -0.210. The molecule has 4 heteroatoms. The van der Waals surface area contributed by atoms with E-state index in [4.69, 9.17) is 4.74 Å². The molecule has 2 heterocycles. The van der Waals surface area contributed by atoms with Gasteiger partial charge in [0.05, 0.1) is 18.6 Å². The third-order valence-corrected chi connectivity index (χ3v) is 5.00. The van der Waals surface area contributed by atoms with E-state index in [1.165, 1.54) is 0 Å². The molecule has 0 bridgehead atoms. The highest BCUT2D eigenvalue weighted by Crippen LogP contribution is 2.53. The molecule has 2 saturated heterocycles. The van der Waals surface area contributed by atoms with E-state index in [1.54, 1.807) is 0 Å². The summed E-state index contributed by atoms with van der Waals surface area (Å²) in [5, 5.41) is 9.46. The molecule has 1 N–H and O–H groups in total. The van der Waals surface area contributed by atoms with Gasteiger partial charge in [-0.2, -0.15) is 0 Å². The van der Waals surface area contributed by atoms with Crippen LogP contribution in [0.15, 0.2) is 0 Å². The van der Waals surface area contributed by atoms with Crippen LogP contribution in [0.5, 0.6) is 0 Å². The lowest BCUT2D eigenvalue weighted by molar-refractivity contribution is -0.222. The van der Waals surface area contributed by atoms with Crippen LogP contribution < -0.4 is 0 Å². The van der Waals surface area contributed by atoms with E-state index < -0.39 is 11.4 Å². The Balaban J connectivity index is 2.17. The maximum absolute atomic E-state index is 11.5. The van der Waals surface area contributed by atoms with Gasteiger partial charge in [-0.1, -0.05) is 0 Å². The molecule has 98 valence electrons. The molecule has 0 aliphatic carbocycles. The topological polar surface area (TPSA) is 49.8 Å². The molecule has 0 aromatic rings. The van der Waals surface area contributed by atoms with Gasteiger partial charge in [-0.05, 0) is 52.7 Å². The highest BCUT2D eigenvalue weighted by Gasteiger charge is 2.59. The van der Waals surface area contributed by atoms with Crippen molar-refractivity contribution in [2.45, 2.75) is 26.7 Å². The van der Waals surface area contributed by atoms with Crippen molar-refractivity contribution in [1.82, 2.24) is 4.90 Å². The van der Waals surface area contributed by atoms with Crippen LogP contribution in [0.1, 0.15) is 26.7 Å². The lowest BCUT2D eigenvalue weighted by Crippen LogP contribution is -2.61. The first-order valence-corrected chi connectivity index (χ1v) is 6.40. The van der Waals surface area contributed by atoms with Crippen LogP contribution in [0.3, 0.4) is 0 Å². The molecule has 2 rings (SSSR count). The van der Waals surface area contributed by atoms with Crippen molar-refractivity contribution in [1.29, 1.82) is 0 Å². The molecule has 0 amide bonds. The number of likely N-dealkylation sites (tertiary alicyclic amines) is 1. The molecule has 2 aliphatic heterocycles. The van der Waals surface area contributed by atoms with Crippen molar-refractivity contribution < 1.29 is 14.6 Å². The van der Waals surface area contributed by atoms with Crippen LogP contribution in [0, 0.1) is 16.7 Å². The van der Waals surface area contributed by atoms with E-state index in [1.807, 2.05) is 13.8 Å². The second kappa shape index (κ2) is 4.25. The number of rotatable bonds is 3. The average molecular weight is 241 g/mol. The highest BCUT2D eigenvalue weighted by molar-refractivity contribution is 5.75. The molecule has 0 aromatic carbocycles. The Morgan fingerprint density at radius 1 is 1.35 bits per heavy atom. The predicted molar refractivity (Wildman–Crippen MR) is 64.9 cm³/mol. The standard InChI is InChI=1S/C13H23NO3/c1-12(2,11(15)16)13(8-17-9-13)10-4-6-14(3)7-5-10/h10H,4-9H2,1-3H3,(H,15,16). The molecule has 0 aromatic heterocycles. The largest absolute Gasteiger partial charge is 0.481 e. The van der Waals surface area contributed by atoms with Gasteiger partial charge in [-0.25, -0.2) is 0 Å². The van der Waals surface area contributed by atoms with E-state index >= 15 is 0 Å². The minimum absolute atomic E-state index is 0.153. The summed E-state index contributed by atoms with van der Waals surface area (Å²) in [4.78, 5) is 13.8. The molecule has 2 aliphatic rings. The van der Waals surface area contributed by atoms with E-state index in [2.05, 4.69) is 11.9 Å². The molecule has 17 heavy (non-hydrogen) atoms. The van der Waals surface area contributed by atoms with Gasteiger partial charge in [-0.15, -0.1) is 0 Å². The van der Waals surface area contributed by atoms with Gasteiger partial charge in [0.1, 0.15) is 0 Å². The summed E-state index contributed by atoms with van der Waals surface area (Å²) in [5.41, 5.74) is -0.841. The molecular weight excluding hydrogens is 218 g/mol. The quantitative estimate of drug-likeness (QED) is 0.812. The third kappa shape index (κ3) is 1.87. The zero-order valence-corrected chi connectivity index (χ0v) is 11.0. The molecular formula is C13H23NO3. The van der Waals surface area contributed by atoms with Crippen molar-refractivity contribution in [2.24, 2.45) is 16.7 Å². The Kier molecular flexibility index (Phi) is 3.21. The third-order valence-electron chi connectivity index (χ3n) is 5.00. The maximum atomic E-state index is 11.5. The van der Waals surface area contributed by atoms with Crippen LogP contribution in [0.2, 0.25) is 0 Å². The van der Waals surface area contributed by atoms with Crippen molar-refractivity contribution in [2.75, 3.05) is 33.4 Å². The number of aliphatic carboxylic acids is 1. The normalized spacial score (nSPS) is 26.5. The average Bonchev–Trinajstić information content (AvgIpc) is 2.18. The fourth-order valence-electron chi connectivity index (χ4n) is 3.20. The minimum atomic E-state index is -0.695. The summed E-state index contributed by atoms with van der Waals surface area (Å²) < 4.78 is 5.38. The summed E-state index contributed by atoms with van der Waals surface area (Å²) in [7, 11) is 2.13. The van der Waals surface area contributed by atoms with Gasteiger partial charge in [0.2, 0.25) is 0 Å². The summed E-state index contributed by atoms with van der Waals surface area (Å²) >= 11 is 0. The van der Waals surface area contributed by atoms with Crippen molar-refractivity contribution >= 4 is 5.97 Å². The Morgan fingerprint density at radius 2 is 1.88 bits per heavy atom. The molecule has 2 fully saturated rings. The first-order chi connectivity index (χ1) is 7.90. The Labute approximate surface area is 103 Å². The van der Waals surface area contributed by atoms with E-state index in [0.29, 0.717) is 19.1 Å². The van der Waals surface area contributed by atoms with Crippen molar-refractivity contribution in [3.63, 3.8) is 0 Å². The minimum Gasteiger partial charge on any atom is -0.481 e. The zero-order chi connectivity index (χ0) is 12.7. The molecule has 0 saturated carbocycles. The molecule has 0 radical (unpaired) electrons. The number of hydrogen-bond donors (Lipinski definition) is 1. The number of piperidine rings is 1. The SMILES string of the molecule is CN1CCC(C2(C(C)(C)C(=O)O)COC2)CC1. The number of nitrogens with zero attached hydrogens (tertiary/aromatic N) is 1. The van der Waals surface area contributed by atoms with Crippen LogP contribution in [0.25, 0.3) is 0 Å². The monoisotopic (exact) mass is 241 g/mol. The molecule has 4 nitrogen and oxygen atoms in total. The van der Waals surface area contributed by atoms with Gasteiger partial charge >= 0.3 is 5.97 Å². The second-order valence-corrected chi connectivity index (χ2v) is 6.16. The van der Waals surface area contributed by atoms with Gasteiger partial charge in [0.25, 0.3) is 0 Å². The molecule has 0 atom stereocenters. The fourth-order valence-corrected chi connectivity index (χ4v) is 3.20. The van der Waals surface area contributed by atoms with Gasteiger partial charge in [0, 0.05) is 5.41 Å². The maximum Gasteiger partial charge on any atom is 0.309 e. The predicted octanol–water partition coefficient (Wildman–Crippen LogP) is 1.46. The Bertz CT molecular complexity index is 302. The van der Waals surface area contributed by atoms with Gasteiger partial charge in [0.15, 0.2) is 0 Å². The number of carbonyl (C=O) groups is 1. The first kappa shape index (κ1) is 12.8. The molecule has 0 spiro atoms. The van der Waals surface area contributed by atoms with Gasteiger partial charge < -0.3 is 14.7 Å². The fraction of sp³-hybridized carbons (Fsp3) is 0.923. The van der Waals surface area contributed by atoms with Crippen molar-refractivity contribution in [3.05, 3.63) is 0 Å². The molecule has 0 unspecified atom stereocenters. The lowest BCUT2D eigenvalue weighted by Gasteiger charge is -2.56. The Morgan fingerprint density at radius 3 is 2.24 bits per heavy atom. The zero-order valence-electron chi connectivity index (χ0n) is 11.0. The van der Waals surface area contributed by atoms with Crippen LogP contribution in [-0.2, 0) is 9.53 Å². The van der Waals surface area contributed by atoms with Crippen molar-refractivity contribution in [3.8, 4) is 0 Å². The summed E-state index contributed by atoms with van der Waals surface area (Å²) in [6.45, 7) is 7.08. The number of carboxylic acids is 1. The lowest BCUT2D eigenvalue weighted by atomic mass is 9.55. The van der Waals surface area contributed by atoms with E-state index in [0.717, 1.165) is 25.9 Å². The van der Waals surface area contributed by atoms with Crippen LogP contribution >= 0.6 is 0 Å². The van der Waals surface area contributed by atoms with Crippen LogP contribution in [0.4, 0.5) is 0 Å². The smallest absolute Gasteiger partial charge is 0.309 e. The first-order valence-electron chi connectivity index (χ1n) is 6.40. The highest BCUT2D eigenvalue weighted by atomic mass is 16.5. The van der Waals surface area contributed by atoms with Gasteiger partial charge in [-0.3, -0.25) is 4.79 Å². The number of hydrogen-bond acceptors (Lipinski definition) is 3.